The monoisotopic (exact) mass is 276 g/mol. The van der Waals surface area contributed by atoms with Gasteiger partial charge in [-0.25, -0.2) is 4.98 Å². The van der Waals surface area contributed by atoms with Crippen LogP contribution in [0.5, 0.6) is 0 Å². The predicted molar refractivity (Wildman–Crippen MR) is 76.8 cm³/mol. The van der Waals surface area contributed by atoms with Crippen molar-refractivity contribution in [3.8, 4) is 0 Å². The zero-order valence-corrected chi connectivity index (χ0v) is 11.4. The number of rotatable bonds is 3. The van der Waals surface area contributed by atoms with Crippen molar-refractivity contribution in [3.63, 3.8) is 0 Å². The summed E-state index contributed by atoms with van der Waals surface area (Å²) in [7, 11) is 0. The first kappa shape index (κ1) is 13.5. The van der Waals surface area contributed by atoms with Crippen LogP contribution in [-0.4, -0.2) is 9.91 Å². The maximum atomic E-state index is 10.8. The van der Waals surface area contributed by atoms with Crippen molar-refractivity contribution in [2.24, 2.45) is 0 Å². The summed E-state index contributed by atoms with van der Waals surface area (Å²) in [6.07, 6.45) is 1.83. The van der Waals surface area contributed by atoms with Crippen LogP contribution < -0.4 is 0 Å². The summed E-state index contributed by atoms with van der Waals surface area (Å²) in [6.45, 7) is 3.69. The molecule has 4 nitrogen and oxygen atoms in total. The van der Waals surface area contributed by atoms with Crippen LogP contribution in [0.2, 0.25) is 5.15 Å². The topological polar surface area (TPSA) is 56.0 Å². The summed E-state index contributed by atoms with van der Waals surface area (Å²) in [4.78, 5) is 14.8. The van der Waals surface area contributed by atoms with Crippen molar-refractivity contribution < 1.29 is 4.92 Å². The molecule has 0 spiro atoms. The van der Waals surface area contributed by atoms with E-state index < -0.39 is 4.92 Å². The molecule has 0 saturated heterocycles. The highest BCUT2D eigenvalue weighted by atomic mass is 35.5. The Labute approximate surface area is 115 Å². The maximum Gasteiger partial charge on any atom is 0.246 e. The first-order valence-electron chi connectivity index (χ1n) is 5.93. The smallest absolute Gasteiger partial charge is 0.246 e. The number of aryl methyl sites for hydroxylation is 1. The minimum absolute atomic E-state index is 0.121. The molecule has 0 atom stereocenters. The van der Waals surface area contributed by atoms with Gasteiger partial charge in [0.15, 0.2) is 0 Å². The second kappa shape index (κ2) is 5.36. The molecule has 0 unspecified atom stereocenters. The van der Waals surface area contributed by atoms with E-state index in [4.69, 9.17) is 11.6 Å². The molecule has 98 valence electrons. The first-order chi connectivity index (χ1) is 9.02. The van der Waals surface area contributed by atoms with Crippen molar-refractivity contribution in [1.29, 1.82) is 0 Å². The third-order valence-corrected chi connectivity index (χ3v) is 3.25. The highest BCUT2D eigenvalue weighted by Gasteiger charge is 2.11. The van der Waals surface area contributed by atoms with Crippen LogP contribution in [0.3, 0.4) is 0 Å². The number of benzene rings is 1. The van der Waals surface area contributed by atoms with Crippen molar-refractivity contribution in [2.45, 2.75) is 20.3 Å². The summed E-state index contributed by atoms with van der Waals surface area (Å²) < 4.78 is 0. The molecule has 1 aromatic heterocycles. The van der Waals surface area contributed by atoms with E-state index in [1.807, 2.05) is 31.2 Å². The van der Waals surface area contributed by atoms with Crippen LogP contribution >= 0.6 is 11.6 Å². The number of nitrogens with zero attached hydrogens (tertiary/aromatic N) is 2. The van der Waals surface area contributed by atoms with E-state index in [1.54, 1.807) is 6.92 Å². The molecule has 1 aromatic carbocycles. The fourth-order valence-electron chi connectivity index (χ4n) is 1.91. The lowest BCUT2D eigenvalue weighted by Gasteiger charge is -2.04. The predicted octanol–water partition coefficient (Wildman–Crippen LogP) is 4.22. The Kier molecular flexibility index (Phi) is 3.81. The quantitative estimate of drug-likeness (QED) is 0.479. The number of fused-ring (bicyclic) bond motifs is 1. The highest BCUT2D eigenvalue weighted by molar-refractivity contribution is 6.31. The molecule has 1 heterocycles. The number of allylic oxidation sites excluding steroid dienone is 1. The Bertz CT molecular complexity index is 680. The van der Waals surface area contributed by atoms with Gasteiger partial charge in [-0.05, 0) is 18.6 Å². The van der Waals surface area contributed by atoms with Gasteiger partial charge in [0.2, 0.25) is 5.70 Å². The van der Waals surface area contributed by atoms with Crippen LogP contribution in [0.15, 0.2) is 30.0 Å². The van der Waals surface area contributed by atoms with E-state index in [-0.39, 0.29) is 10.9 Å². The Morgan fingerprint density at radius 3 is 2.89 bits per heavy atom. The van der Waals surface area contributed by atoms with Gasteiger partial charge in [-0.3, -0.25) is 10.1 Å². The highest BCUT2D eigenvalue weighted by Crippen LogP contribution is 2.25. The van der Waals surface area contributed by atoms with Crippen molar-refractivity contribution in [1.82, 2.24) is 4.98 Å². The van der Waals surface area contributed by atoms with Gasteiger partial charge >= 0.3 is 0 Å². The van der Waals surface area contributed by atoms with Crippen molar-refractivity contribution >= 4 is 28.6 Å². The molecule has 0 bridgehead atoms. The number of aromatic nitrogens is 1. The van der Waals surface area contributed by atoms with Crippen LogP contribution in [0.4, 0.5) is 0 Å². The van der Waals surface area contributed by atoms with Crippen LogP contribution in [0.25, 0.3) is 17.0 Å². The molecule has 5 heteroatoms. The number of pyridine rings is 1. The molecule has 0 amide bonds. The lowest BCUT2D eigenvalue weighted by Crippen LogP contribution is -1.97. The summed E-state index contributed by atoms with van der Waals surface area (Å²) in [6, 6.07) is 7.63. The number of halogens is 1. The molecule has 0 aliphatic heterocycles. The fourth-order valence-corrected chi connectivity index (χ4v) is 2.10. The van der Waals surface area contributed by atoms with Crippen LogP contribution in [0, 0.1) is 17.0 Å². The van der Waals surface area contributed by atoms with Gasteiger partial charge in [0.05, 0.1) is 10.4 Å². The van der Waals surface area contributed by atoms with Crippen molar-refractivity contribution in [3.05, 3.63) is 56.4 Å². The third-order valence-electron chi connectivity index (χ3n) is 2.95. The molecule has 0 fully saturated rings. The van der Waals surface area contributed by atoms with E-state index >= 15 is 0 Å². The normalized spacial score (nSPS) is 11.8. The van der Waals surface area contributed by atoms with Gasteiger partial charge in [0, 0.05) is 23.4 Å². The molecule has 19 heavy (non-hydrogen) atoms. The Balaban J connectivity index is 2.62. The average molecular weight is 277 g/mol. The van der Waals surface area contributed by atoms with E-state index in [0.717, 1.165) is 16.5 Å². The summed E-state index contributed by atoms with van der Waals surface area (Å²) >= 11 is 6.10. The molecule has 0 aliphatic rings. The number of hydrogen-bond donors (Lipinski definition) is 0. The van der Waals surface area contributed by atoms with Crippen LogP contribution in [-0.2, 0) is 0 Å². The SMILES string of the molecule is CC/C(=C\c1cc2cccc(C)c2nc1Cl)[N+](=O)[O-]. The Morgan fingerprint density at radius 1 is 1.53 bits per heavy atom. The van der Waals surface area contributed by atoms with Gasteiger partial charge in [0.25, 0.3) is 0 Å². The second-order valence-corrected chi connectivity index (χ2v) is 4.62. The lowest BCUT2D eigenvalue weighted by molar-refractivity contribution is -0.425. The van der Waals surface area contributed by atoms with Gasteiger partial charge in [-0.15, -0.1) is 0 Å². The molecule has 0 saturated carbocycles. The van der Waals surface area contributed by atoms with Crippen molar-refractivity contribution in [2.75, 3.05) is 0 Å². The number of para-hydroxylation sites is 1. The minimum atomic E-state index is -0.392. The largest absolute Gasteiger partial charge is 0.259 e. The van der Waals surface area contributed by atoms with E-state index in [1.165, 1.54) is 6.08 Å². The molecule has 2 aromatic rings. The Hall–Kier alpha value is -1.94. The van der Waals surface area contributed by atoms with Crippen LogP contribution in [0.1, 0.15) is 24.5 Å². The van der Waals surface area contributed by atoms with E-state index in [2.05, 4.69) is 4.98 Å². The van der Waals surface area contributed by atoms with Gasteiger partial charge in [-0.1, -0.05) is 36.7 Å². The fraction of sp³-hybridized carbons (Fsp3) is 0.214. The molecule has 2 rings (SSSR count). The van der Waals surface area contributed by atoms with Gasteiger partial charge < -0.3 is 0 Å². The molecule has 0 N–H and O–H groups in total. The number of hydrogen-bond acceptors (Lipinski definition) is 3. The zero-order chi connectivity index (χ0) is 14.0. The van der Waals surface area contributed by atoms with Gasteiger partial charge in [0.1, 0.15) is 5.15 Å². The molecular formula is C14H13ClN2O2. The maximum absolute atomic E-state index is 10.8. The summed E-state index contributed by atoms with van der Waals surface area (Å²) in [5.41, 5.74) is 2.55. The van der Waals surface area contributed by atoms with E-state index in [9.17, 15) is 10.1 Å². The summed E-state index contributed by atoms with van der Waals surface area (Å²) in [5.74, 6) is 0. The average Bonchev–Trinajstić information content (AvgIpc) is 2.37. The zero-order valence-electron chi connectivity index (χ0n) is 10.7. The first-order valence-corrected chi connectivity index (χ1v) is 6.31. The Morgan fingerprint density at radius 2 is 2.26 bits per heavy atom. The number of nitro groups is 1. The summed E-state index contributed by atoms with van der Waals surface area (Å²) in [5, 5.41) is 12.0. The third kappa shape index (κ3) is 2.74. The second-order valence-electron chi connectivity index (χ2n) is 4.26. The molecule has 0 radical (unpaired) electrons. The molecule has 0 aliphatic carbocycles. The lowest BCUT2D eigenvalue weighted by atomic mass is 10.1. The van der Waals surface area contributed by atoms with E-state index in [0.29, 0.717) is 12.0 Å². The minimum Gasteiger partial charge on any atom is -0.259 e. The molecular weight excluding hydrogens is 264 g/mol. The standard InChI is InChI=1S/C14H13ClN2O2/c1-3-12(17(18)19)8-11-7-10-6-4-5-9(2)13(10)16-14(11)15/h4-8H,3H2,1-2H3/b12-8+. The van der Waals surface area contributed by atoms with Gasteiger partial charge in [-0.2, -0.15) is 0 Å².